The SMILES string of the molecule is COCCCn1cnnc1CNC(=O)N(C)Cc1cc(C)cc(C)n1. The second-order valence-corrected chi connectivity index (χ2v) is 6.08. The van der Waals surface area contributed by atoms with Crippen LogP contribution in [-0.2, 0) is 24.4 Å². The number of urea groups is 1. The first-order chi connectivity index (χ1) is 12.0. The molecule has 0 aromatic carbocycles. The van der Waals surface area contributed by atoms with Crippen molar-refractivity contribution < 1.29 is 9.53 Å². The summed E-state index contributed by atoms with van der Waals surface area (Å²) in [5.74, 6) is 0.724. The monoisotopic (exact) mass is 346 g/mol. The van der Waals surface area contributed by atoms with Gasteiger partial charge in [-0.3, -0.25) is 4.98 Å². The Balaban J connectivity index is 1.86. The number of hydrogen-bond acceptors (Lipinski definition) is 5. The zero-order chi connectivity index (χ0) is 18.2. The van der Waals surface area contributed by atoms with Crippen molar-refractivity contribution in [3.05, 3.63) is 41.2 Å². The van der Waals surface area contributed by atoms with Gasteiger partial charge in [0.2, 0.25) is 0 Å². The lowest BCUT2D eigenvalue weighted by Crippen LogP contribution is -2.37. The highest BCUT2D eigenvalue weighted by Crippen LogP contribution is 2.07. The van der Waals surface area contributed by atoms with Crippen LogP contribution in [0.5, 0.6) is 0 Å². The number of rotatable bonds is 8. The van der Waals surface area contributed by atoms with Gasteiger partial charge in [-0.15, -0.1) is 10.2 Å². The van der Waals surface area contributed by atoms with Gasteiger partial charge in [-0.25, -0.2) is 4.79 Å². The molecule has 25 heavy (non-hydrogen) atoms. The molecule has 0 radical (unpaired) electrons. The lowest BCUT2D eigenvalue weighted by molar-refractivity contribution is 0.189. The summed E-state index contributed by atoms with van der Waals surface area (Å²) in [6.45, 7) is 6.19. The topological polar surface area (TPSA) is 85.2 Å². The van der Waals surface area contributed by atoms with E-state index in [1.54, 1.807) is 25.4 Å². The van der Waals surface area contributed by atoms with Crippen molar-refractivity contribution in [2.24, 2.45) is 0 Å². The van der Waals surface area contributed by atoms with E-state index in [0.717, 1.165) is 35.7 Å². The minimum atomic E-state index is -0.174. The second-order valence-electron chi connectivity index (χ2n) is 6.08. The number of nitrogens with zero attached hydrogens (tertiary/aromatic N) is 5. The fourth-order valence-electron chi connectivity index (χ4n) is 2.59. The van der Waals surface area contributed by atoms with Crippen LogP contribution < -0.4 is 5.32 Å². The van der Waals surface area contributed by atoms with Crippen molar-refractivity contribution in [3.8, 4) is 0 Å². The average molecular weight is 346 g/mol. The predicted octanol–water partition coefficient (Wildman–Crippen LogP) is 1.67. The predicted molar refractivity (Wildman–Crippen MR) is 93.9 cm³/mol. The summed E-state index contributed by atoms with van der Waals surface area (Å²) in [6.07, 6.45) is 2.54. The highest BCUT2D eigenvalue weighted by Gasteiger charge is 2.12. The Morgan fingerprint density at radius 3 is 2.88 bits per heavy atom. The molecule has 0 aliphatic carbocycles. The zero-order valence-electron chi connectivity index (χ0n) is 15.3. The highest BCUT2D eigenvalue weighted by atomic mass is 16.5. The average Bonchev–Trinajstić information content (AvgIpc) is 2.99. The van der Waals surface area contributed by atoms with Crippen molar-refractivity contribution in [2.75, 3.05) is 20.8 Å². The number of pyridine rings is 1. The van der Waals surface area contributed by atoms with Crippen LogP contribution in [-0.4, -0.2) is 51.4 Å². The van der Waals surface area contributed by atoms with Gasteiger partial charge in [-0.1, -0.05) is 0 Å². The molecule has 8 nitrogen and oxygen atoms in total. The third-order valence-corrected chi connectivity index (χ3v) is 3.74. The summed E-state index contributed by atoms with van der Waals surface area (Å²) < 4.78 is 6.97. The molecule has 0 saturated carbocycles. The zero-order valence-corrected chi connectivity index (χ0v) is 15.3. The Kier molecular flexibility index (Phi) is 6.88. The Morgan fingerprint density at radius 2 is 2.16 bits per heavy atom. The van der Waals surface area contributed by atoms with E-state index in [-0.39, 0.29) is 6.03 Å². The summed E-state index contributed by atoms with van der Waals surface area (Å²) >= 11 is 0. The lowest BCUT2D eigenvalue weighted by Gasteiger charge is -2.18. The maximum absolute atomic E-state index is 12.3. The molecular weight excluding hydrogens is 320 g/mol. The maximum atomic E-state index is 12.3. The Labute approximate surface area is 148 Å². The van der Waals surface area contributed by atoms with Gasteiger partial charge in [-0.05, 0) is 38.0 Å². The summed E-state index contributed by atoms with van der Waals surface area (Å²) in [6, 6.07) is 3.83. The van der Waals surface area contributed by atoms with E-state index in [1.807, 2.05) is 30.5 Å². The number of carbonyl (C=O) groups excluding carboxylic acids is 1. The van der Waals surface area contributed by atoms with Gasteiger partial charge in [-0.2, -0.15) is 0 Å². The van der Waals surface area contributed by atoms with E-state index in [4.69, 9.17) is 4.74 Å². The minimum absolute atomic E-state index is 0.174. The molecule has 2 rings (SSSR count). The molecule has 2 aromatic heterocycles. The van der Waals surface area contributed by atoms with E-state index in [2.05, 4.69) is 20.5 Å². The number of aromatic nitrogens is 4. The fraction of sp³-hybridized carbons (Fsp3) is 0.529. The number of carbonyl (C=O) groups is 1. The van der Waals surface area contributed by atoms with Gasteiger partial charge in [0.1, 0.15) is 6.33 Å². The van der Waals surface area contributed by atoms with Crippen molar-refractivity contribution in [3.63, 3.8) is 0 Å². The summed E-state index contributed by atoms with van der Waals surface area (Å²) in [5, 5.41) is 10.8. The van der Waals surface area contributed by atoms with Crippen molar-refractivity contribution >= 4 is 6.03 Å². The van der Waals surface area contributed by atoms with E-state index in [1.165, 1.54) is 0 Å². The Morgan fingerprint density at radius 1 is 1.36 bits per heavy atom. The fourth-order valence-corrected chi connectivity index (χ4v) is 2.59. The molecule has 0 atom stereocenters. The van der Waals surface area contributed by atoms with Gasteiger partial charge < -0.3 is 19.5 Å². The minimum Gasteiger partial charge on any atom is -0.385 e. The molecule has 1 N–H and O–H groups in total. The van der Waals surface area contributed by atoms with E-state index >= 15 is 0 Å². The Bertz CT molecular complexity index is 680. The van der Waals surface area contributed by atoms with Gasteiger partial charge in [0.05, 0.1) is 18.8 Å². The summed E-state index contributed by atoms with van der Waals surface area (Å²) in [7, 11) is 3.42. The molecule has 0 unspecified atom stereocenters. The number of aryl methyl sites for hydroxylation is 3. The van der Waals surface area contributed by atoms with E-state index in [0.29, 0.717) is 19.7 Å². The van der Waals surface area contributed by atoms with Crippen LogP contribution >= 0.6 is 0 Å². The van der Waals surface area contributed by atoms with Gasteiger partial charge in [0.25, 0.3) is 0 Å². The first-order valence-electron chi connectivity index (χ1n) is 8.28. The normalized spacial score (nSPS) is 10.7. The van der Waals surface area contributed by atoms with E-state index in [9.17, 15) is 4.79 Å². The Hall–Kier alpha value is -2.48. The number of methoxy groups -OCH3 is 1. The molecule has 2 aromatic rings. The quantitative estimate of drug-likeness (QED) is 0.735. The molecule has 0 fully saturated rings. The van der Waals surface area contributed by atoms with Crippen LogP contribution in [0.1, 0.15) is 29.2 Å². The standard InChI is InChI=1S/C17H26N6O2/c1-13-8-14(2)20-15(9-13)11-22(3)17(24)18-10-16-21-19-12-23(16)6-5-7-25-4/h8-9,12H,5-7,10-11H2,1-4H3,(H,18,24). The maximum Gasteiger partial charge on any atom is 0.317 e. The van der Waals surface area contributed by atoms with Gasteiger partial charge in [0.15, 0.2) is 5.82 Å². The molecule has 0 bridgehead atoms. The summed E-state index contributed by atoms with van der Waals surface area (Å²) in [5.41, 5.74) is 2.96. The molecule has 2 heterocycles. The molecule has 0 saturated heterocycles. The van der Waals surface area contributed by atoms with Crippen molar-refractivity contribution in [1.29, 1.82) is 0 Å². The first-order valence-corrected chi connectivity index (χ1v) is 8.28. The molecular formula is C17H26N6O2. The lowest BCUT2D eigenvalue weighted by atomic mass is 10.2. The molecule has 2 amide bonds. The van der Waals surface area contributed by atoms with Crippen LogP contribution in [0.2, 0.25) is 0 Å². The van der Waals surface area contributed by atoms with Crippen LogP contribution in [0.3, 0.4) is 0 Å². The smallest absolute Gasteiger partial charge is 0.317 e. The van der Waals surface area contributed by atoms with Crippen LogP contribution in [0.15, 0.2) is 18.5 Å². The molecule has 8 heteroatoms. The van der Waals surface area contributed by atoms with Crippen LogP contribution in [0.4, 0.5) is 4.79 Å². The second kappa shape index (κ2) is 9.12. The van der Waals surface area contributed by atoms with Crippen molar-refractivity contribution in [2.45, 2.75) is 39.9 Å². The molecule has 0 spiro atoms. The van der Waals surface area contributed by atoms with Gasteiger partial charge >= 0.3 is 6.03 Å². The molecule has 136 valence electrons. The van der Waals surface area contributed by atoms with E-state index < -0.39 is 0 Å². The van der Waals surface area contributed by atoms with Crippen LogP contribution in [0.25, 0.3) is 0 Å². The van der Waals surface area contributed by atoms with Crippen LogP contribution in [0, 0.1) is 13.8 Å². The third kappa shape index (κ3) is 5.82. The largest absolute Gasteiger partial charge is 0.385 e. The third-order valence-electron chi connectivity index (χ3n) is 3.74. The van der Waals surface area contributed by atoms with Gasteiger partial charge in [0, 0.05) is 33.0 Å². The number of ether oxygens (including phenoxy) is 1. The molecule has 0 aliphatic rings. The first kappa shape index (κ1) is 18.9. The highest BCUT2D eigenvalue weighted by molar-refractivity contribution is 5.73. The number of hydrogen-bond donors (Lipinski definition) is 1. The van der Waals surface area contributed by atoms with Crippen molar-refractivity contribution in [1.82, 2.24) is 30.0 Å². The number of amides is 2. The number of nitrogens with one attached hydrogen (secondary N) is 1. The summed E-state index contributed by atoms with van der Waals surface area (Å²) in [4.78, 5) is 18.4. The molecule has 0 aliphatic heterocycles.